The summed E-state index contributed by atoms with van der Waals surface area (Å²) in [5.41, 5.74) is 6.42. The van der Waals surface area contributed by atoms with Crippen molar-refractivity contribution in [1.82, 2.24) is 10.2 Å². The summed E-state index contributed by atoms with van der Waals surface area (Å²) in [5.74, 6) is 0.614. The van der Waals surface area contributed by atoms with Gasteiger partial charge in [0.05, 0.1) is 0 Å². The summed E-state index contributed by atoms with van der Waals surface area (Å²) in [4.78, 5) is 11.6. The number of anilines is 1. The van der Waals surface area contributed by atoms with Gasteiger partial charge in [-0.15, -0.1) is 0 Å². The summed E-state index contributed by atoms with van der Waals surface area (Å²) in [6, 6.07) is 1.89. The van der Waals surface area contributed by atoms with Crippen molar-refractivity contribution in [3.8, 4) is 0 Å². The molecule has 0 spiro atoms. The number of unbranched alkanes of at least 4 members (excludes halogenated alkanes) is 2. The molecule has 18 heavy (non-hydrogen) atoms. The van der Waals surface area contributed by atoms with Gasteiger partial charge in [-0.2, -0.15) is 5.10 Å². The highest BCUT2D eigenvalue weighted by molar-refractivity contribution is 5.89. The number of nitrogens with zero attached hydrogens (tertiary/aromatic N) is 1. The predicted molar refractivity (Wildman–Crippen MR) is 73.4 cm³/mol. The number of aromatic amines is 1. The molecule has 4 N–H and O–H groups in total. The number of nitrogens with one attached hydrogen (secondary N) is 2. The summed E-state index contributed by atoms with van der Waals surface area (Å²) < 4.78 is 0. The number of carbonyl (C=O) groups excluding carboxylic acids is 1. The van der Waals surface area contributed by atoms with Crippen LogP contribution in [0.3, 0.4) is 0 Å². The lowest BCUT2D eigenvalue weighted by atomic mass is 9.92. The van der Waals surface area contributed by atoms with E-state index in [4.69, 9.17) is 5.73 Å². The topological polar surface area (TPSA) is 83.8 Å². The van der Waals surface area contributed by atoms with Gasteiger partial charge in [0.1, 0.15) is 0 Å². The molecule has 1 aromatic rings. The maximum absolute atomic E-state index is 11.6. The molecular weight excluding hydrogens is 228 g/mol. The second kappa shape index (κ2) is 6.54. The monoisotopic (exact) mass is 252 g/mol. The molecule has 0 aliphatic rings. The minimum absolute atomic E-state index is 0.0110. The quantitative estimate of drug-likeness (QED) is 0.678. The Bertz CT molecular complexity index is 379. The lowest BCUT2D eigenvalue weighted by Crippen LogP contribution is -2.12. The van der Waals surface area contributed by atoms with Crippen molar-refractivity contribution in [2.24, 2.45) is 5.73 Å². The van der Waals surface area contributed by atoms with Crippen molar-refractivity contribution in [1.29, 1.82) is 0 Å². The molecule has 0 atom stereocenters. The first-order valence-corrected chi connectivity index (χ1v) is 6.49. The molecule has 102 valence electrons. The van der Waals surface area contributed by atoms with Gasteiger partial charge < -0.3 is 11.1 Å². The molecule has 0 fully saturated rings. The fraction of sp³-hybridized carbons (Fsp3) is 0.692. The van der Waals surface area contributed by atoms with Crippen LogP contribution in [0, 0.1) is 0 Å². The molecule has 1 amide bonds. The minimum atomic E-state index is 0.0110. The van der Waals surface area contributed by atoms with E-state index in [1.54, 1.807) is 0 Å². The highest BCUT2D eigenvalue weighted by Gasteiger charge is 2.17. The molecule has 1 heterocycles. The molecule has 0 radical (unpaired) electrons. The van der Waals surface area contributed by atoms with E-state index in [0.717, 1.165) is 25.0 Å². The average Bonchev–Trinajstić information content (AvgIpc) is 2.72. The van der Waals surface area contributed by atoms with Gasteiger partial charge in [0.25, 0.3) is 0 Å². The molecule has 0 aromatic carbocycles. The van der Waals surface area contributed by atoms with E-state index in [-0.39, 0.29) is 11.3 Å². The fourth-order valence-corrected chi connectivity index (χ4v) is 1.58. The molecule has 0 aliphatic carbocycles. The van der Waals surface area contributed by atoms with Crippen molar-refractivity contribution in [3.63, 3.8) is 0 Å². The van der Waals surface area contributed by atoms with Crippen LogP contribution in [0.4, 0.5) is 5.82 Å². The molecule has 0 unspecified atom stereocenters. The Balaban J connectivity index is 2.38. The van der Waals surface area contributed by atoms with Crippen molar-refractivity contribution in [2.75, 3.05) is 11.9 Å². The van der Waals surface area contributed by atoms with E-state index in [1.165, 1.54) is 0 Å². The number of hydrogen-bond acceptors (Lipinski definition) is 3. The lowest BCUT2D eigenvalue weighted by molar-refractivity contribution is -0.116. The maximum atomic E-state index is 11.6. The first-order valence-electron chi connectivity index (χ1n) is 6.49. The van der Waals surface area contributed by atoms with E-state index in [1.807, 2.05) is 6.07 Å². The van der Waals surface area contributed by atoms with Crippen LogP contribution < -0.4 is 11.1 Å². The number of hydrogen-bond donors (Lipinski definition) is 3. The third-order valence-electron chi connectivity index (χ3n) is 2.76. The molecule has 1 rings (SSSR count). The molecule has 0 saturated carbocycles. The van der Waals surface area contributed by atoms with Crippen LogP contribution in [-0.2, 0) is 10.2 Å². The Morgan fingerprint density at radius 1 is 1.39 bits per heavy atom. The molecule has 0 saturated heterocycles. The Morgan fingerprint density at radius 3 is 2.67 bits per heavy atom. The van der Waals surface area contributed by atoms with Gasteiger partial charge in [-0.1, -0.05) is 27.2 Å². The number of aromatic nitrogens is 2. The van der Waals surface area contributed by atoms with Crippen LogP contribution in [0.5, 0.6) is 0 Å². The van der Waals surface area contributed by atoms with Crippen LogP contribution >= 0.6 is 0 Å². The van der Waals surface area contributed by atoms with Gasteiger partial charge in [0, 0.05) is 23.6 Å². The molecule has 0 aliphatic heterocycles. The van der Waals surface area contributed by atoms with Crippen molar-refractivity contribution >= 4 is 11.7 Å². The number of amides is 1. The van der Waals surface area contributed by atoms with E-state index in [0.29, 0.717) is 18.8 Å². The summed E-state index contributed by atoms with van der Waals surface area (Å²) in [6.45, 7) is 6.98. The zero-order chi connectivity index (χ0) is 13.6. The number of carbonyl (C=O) groups is 1. The van der Waals surface area contributed by atoms with Gasteiger partial charge in [-0.25, -0.2) is 0 Å². The Hall–Kier alpha value is -1.36. The second-order valence-electron chi connectivity index (χ2n) is 5.56. The largest absolute Gasteiger partial charge is 0.330 e. The fourth-order valence-electron chi connectivity index (χ4n) is 1.58. The van der Waals surface area contributed by atoms with Crippen LogP contribution in [0.1, 0.15) is 52.1 Å². The van der Waals surface area contributed by atoms with Gasteiger partial charge >= 0.3 is 0 Å². The highest BCUT2D eigenvalue weighted by atomic mass is 16.1. The highest BCUT2D eigenvalue weighted by Crippen LogP contribution is 2.21. The average molecular weight is 252 g/mol. The number of nitrogens with two attached hydrogens (primary N) is 1. The Morgan fingerprint density at radius 2 is 2.11 bits per heavy atom. The number of H-pyrrole nitrogens is 1. The third kappa shape index (κ3) is 4.87. The Labute approximate surface area is 109 Å². The van der Waals surface area contributed by atoms with Gasteiger partial charge in [0.15, 0.2) is 5.82 Å². The normalized spacial score (nSPS) is 11.6. The second-order valence-corrected chi connectivity index (χ2v) is 5.56. The van der Waals surface area contributed by atoms with Crippen LogP contribution in [0.2, 0.25) is 0 Å². The van der Waals surface area contributed by atoms with Crippen LogP contribution in [-0.4, -0.2) is 22.6 Å². The molecular formula is C13H24N4O. The SMILES string of the molecule is CC(C)(C)c1cc(NC(=O)CCCCCN)n[nH]1. The van der Waals surface area contributed by atoms with E-state index < -0.39 is 0 Å². The summed E-state index contributed by atoms with van der Waals surface area (Å²) in [5, 5.41) is 9.84. The molecule has 1 aromatic heterocycles. The summed E-state index contributed by atoms with van der Waals surface area (Å²) in [7, 11) is 0. The smallest absolute Gasteiger partial charge is 0.225 e. The van der Waals surface area contributed by atoms with E-state index >= 15 is 0 Å². The molecule has 5 nitrogen and oxygen atoms in total. The van der Waals surface area contributed by atoms with Crippen molar-refractivity contribution in [2.45, 2.75) is 51.9 Å². The van der Waals surface area contributed by atoms with Gasteiger partial charge in [0.2, 0.25) is 5.91 Å². The van der Waals surface area contributed by atoms with Crippen LogP contribution in [0.15, 0.2) is 6.07 Å². The van der Waals surface area contributed by atoms with E-state index in [2.05, 4.69) is 36.3 Å². The minimum Gasteiger partial charge on any atom is -0.330 e. The Kier molecular flexibility index (Phi) is 5.34. The zero-order valence-corrected chi connectivity index (χ0v) is 11.5. The van der Waals surface area contributed by atoms with Gasteiger partial charge in [-0.3, -0.25) is 9.89 Å². The number of rotatable bonds is 6. The lowest BCUT2D eigenvalue weighted by Gasteiger charge is -2.14. The predicted octanol–water partition coefficient (Wildman–Crippen LogP) is 2.16. The molecule has 5 heteroatoms. The maximum Gasteiger partial charge on any atom is 0.225 e. The standard InChI is InChI=1S/C13H24N4O/c1-13(2,3)10-9-11(17-16-10)15-12(18)7-5-4-6-8-14/h9H,4-8,14H2,1-3H3,(H2,15,16,17,18). The third-order valence-corrected chi connectivity index (χ3v) is 2.76. The van der Waals surface area contributed by atoms with E-state index in [9.17, 15) is 4.79 Å². The summed E-state index contributed by atoms with van der Waals surface area (Å²) >= 11 is 0. The van der Waals surface area contributed by atoms with Crippen molar-refractivity contribution in [3.05, 3.63) is 11.8 Å². The summed E-state index contributed by atoms with van der Waals surface area (Å²) in [6.07, 6.45) is 3.37. The van der Waals surface area contributed by atoms with Crippen LogP contribution in [0.25, 0.3) is 0 Å². The van der Waals surface area contributed by atoms with Gasteiger partial charge in [-0.05, 0) is 19.4 Å². The van der Waals surface area contributed by atoms with Crippen molar-refractivity contribution < 1.29 is 4.79 Å². The first-order chi connectivity index (χ1) is 8.43. The zero-order valence-electron chi connectivity index (χ0n) is 11.5. The molecule has 0 bridgehead atoms. The first kappa shape index (κ1) is 14.7.